The van der Waals surface area contributed by atoms with Crippen LogP contribution in [0, 0.1) is 0 Å². The number of nitrogens with one attached hydrogen (secondary N) is 1. The average Bonchev–Trinajstić information content (AvgIpc) is 2.86. The fourth-order valence-electron chi connectivity index (χ4n) is 2.43. The summed E-state index contributed by atoms with van der Waals surface area (Å²) in [5.41, 5.74) is 2.97. The number of para-hydroxylation sites is 2. The van der Waals surface area contributed by atoms with Crippen LogP contribution in [0.1, 0.15) is 12.7 Å². The number of nitrogens with zero attached hydrogens (tertiary/aromatic N) is 2. The summed E-state index contributed by atoms with van der Waals surface area (Å²) < 4.78 is 2.20. The number of benzene rings is 2. The minimum atomic E-state index is 0.540. The van der Waals surface area contributed by atoms with Crippen LogP contribution < -0.4 is 5.32 Å². The molecule has 108 valence electrons. The number of imidazole rings is 1. The van der Waals surface area contributed by atoms with Crippen molar-refractivity contribution in [2.45, 2.75) is 20.0 Å². The Morgan fingerprint density at radius 3 is 2.71 bits per heavy atom. The summed E-state index contributed by atoms with van der Waals surface area (Å²) in [6.07, 6.45) is 0. The zero-order valence-corrected chi connectivity index (χ0v) is 13.1. The molecule has 0 saturated heterocycles. The maximum atomic E-state index is 6.19. The summed E-state index contributed by atoms with van der Waals surface area (Å²) in [5.74, 6) is 0.981. The first-order chi connectivity index (χ1) is 10.2. The second-order valence-electron chi connectivity index (χ2n) is 4.72. The van der Waals surface area contributed by atoms with E-state index in [-0.39, 0.29) is 0 Å². The fourth-order valence-corrected chi connectivity index (χ4v) is 2.80. The lowest BCUT2D eigenvalue weighted by Crippen LogP contribution is -2.08. The molecule has 0 unspecified atom stereocenters. The fraction of sp³-hybridized carbons (Fsp3) is 0.188. The lowest BCUT2D eigenvalue weighted by atomic mass is 10.3. The third-order valence-corrected chi connectivity index (χ3v) is 4.26. The lowest BCUT2D eigenvalue weighted by molar-refractivity contribution is 0.729. The number of aryl methyl sites for hydroxylation is 1. The van der Waals surface area contributed by atoms with Gasteiger partial charge in [-0.3, -0.25) is 0 Å². The van der Waals surface area contributed by atoms with E-state index in [1.807, 2.05) is 30.3 Å². The molecule has 5 heteroatoms. The molecule has 1 heterocycles. The van der Waals surface area contributed by atoms with E-state index in [0.717, 1.165) is 29.1 Å². The summed E-state index contributed by atoms with van der Waals surface area (Å²) >= 11 is 12.2. The number of aromatic nitrogens is 2. The second kappa shape index (κ2) is 5.96. The van der Waals surface area contributed by atoms with Gasteiger partial charge in [0, 0.05) is 6.54 Å². The Balaban J connectivity index is 1.90. The summed E-state index contributed by atoms with van der Waals surface area (Å²) in [6.45, 7) is 3.59. The Bertz CT molecular complexity index is 780. The highest BCUT2D eigenvalue weighted by molar-refractivity contribution is 6.43. The minimum absolute atomic E-state index is 0.540. The van der Waals surface area contributed by atoms with Gasteiger partial charge in [-0.2, -0.15) is 0 Å². The van der Waals surface area contributed by atoms with Crippen LogP contribution in [0.4, 0.5) is 5.69 Å². The molecule has 3 aromatic rings. The Labute approximate surface area is 133 Å². The van der Waals surface area contributed by atoms with E-state index in [0.29, 0.717) is 16.6 Å². The zero-order valence-electron chi connectivity index (χ0n) is 11.6. The quantitative estimate of drug-likeness (QED) is 0.735. The monoisotopic (exact) mass is 319 g/mol. The van der Waals surface area contributed by atoms with E-state index in [1.54, 1.807) is 6.07 Å². The third kappa shape index (κ3) is 2.71. The molecule has 0 aliphatic rings. The summed E-state index contributed by atoms with van der Waals surface area (Å²) in [7, 11) is 0. The van der Waals surface area contributed by atoms with Crippen molar-refractivity contribution in [3.63, 3.8) is 0 Å². The van der Waals surface area contributed by atoms with Crippen LogP contribution in [0.25, 0.3) is 11.0 Å². The molecule has 0 radical (unpaired) electrons. The Kier molecular flexibility index (Phi) is 4.04. The number of hydrogen-bond donors (Lipinski definition) is 1. The maximum absolute atomic E-state index is 6.19. The molecule has 1 aromatic heterocycles. The molecule has 0 amide bonds. The first-order valence-corrected chi connectivity index (χ1v) is 7.58. The van der Waals surface area contributed by atoms with Crippen molar-refractivity contribution in [2.75, 3.05) is 5.32 Å². The standard InChI is InChI=1S/C16H15Cl2N3/c1-2-21-14-9-4-3-7-12(14)20-15(21)10-19-13-8-5-6-11(17)16(13)18/h3-9,19H,2,10H2,1H3. The molecule has 0 fully saturated rings. The van der Waals surface area contributed by atoms with Gasteiger partial charge in [-0.05, 0) is 31.2 Å². The van der Waals surface area contributed by atoms with Crippen LogP contribution in [0.5, 0.6) is 0 Å². The van der Waals surface area contributed by atoms with Gasteiger partial charge in [0.25, 0.3) is 0 Å². The predicted octanol–water partition coefficient (Wildman–Crippen LogP) is 4.98. The van der Waals surface area contributed by atoms with E-state index in [2.05, 4.69) is 27.9 Å². The van der Waals surface area contributed by atoms with Crippen molar-refractivity contribution in [1.82, 2.24) is 9.55 Å². The van der Waals surface area contributed by atoms with E-state index in [4.69, 9.17) is 23.2 Å². The lowest BCUT2D eigenvalue weighted by Gasteiger charge is -2.10. The molecule has 0 aliphatic carbocycles. The molecule has 21 heavy (non-hydrogen) atoms. The van der Waals surface area contributed by atoms with Gasteiger partial charge in [0.1, 0.15) is 5.82 Å². The molecule has 0 saturated carbocycles. The molecule has 0 aliphatic heterocycles. The number of hydrogen-bond acceptors (Lipinski definition) is 2. The van der Waals surface area contributed by atoms with Gasteiger partial charge >= 0.3 is 0 Å². The van der Waals surface area contributed by atoms with E-state index < -0.39 is 0 Å². The van der Waals surface area contributed by atoms with Crippen molar-refractivity contribution < 1.29 is 0 Å². The van der Waals surface area contributed by atoms with Crippen LogP contribution in [0.3, 0.4) is 0 Å². The first-order valence-electron chi connectivity index (χ1n) is 6.82. The molecule has 0 bridgehead atoms. The summed E-state index contributed by atoms with van der Waals surface area (Å²) in [4.78, 5) is 4.68. The topological polar surface area (TPSA) is 29.9 Å². The Morgan fingerprint density at radius 1 is 1.10 bits per heavy atom. The highest BCUT2D eigenvalue weighted by Crippen LogP contribution is 2.30. The molecule has 0 atom stereocenters. The first kappa shape index (κ1) is 14.2. The highest BCUT2D eigenvalue weighted by Gasteiger charge is 2.10. The largest absolute Gasteiger partial charge is 0.377 e. The molecular weight excluding hydrogens is 305 g/mol. The van der Waals surface area contributed by atoms with Crippen LogP contribution in [0.15, 0.2) is 42.5 Å². The van der Waals surface area contributed by atoms with Gasteiger partial charge in [0.2, 0.25) is 0 Å². The third-order valence-electron chi connectivity index (χ3n) is 3.44. The molecule has 1 N–H and O–H groups in total. The van der Waals surface area contributed by atoms with Gasteiger partial charge in [-0.1, -0.05) is 41.4 Å². The SMILES string of the molecule is CCn1c(CNc2cccc(Cl)c2Cl)nc2ccccc21. The van der Waals surface area contributed by atoms with Crippen LogP contribution >= 0.6 is 23.2 Å². The number of fused-ring (bicyclic) bond motifs is 1. The summed E-state index contributed by atoms with van der Waals surface area (Å²) in [5, 5.41) is 4.39. The molecular formula is C16H15Cl2N3. The van der Waals surface area contributed by atoms with Crippen molar-refractivity contribution >= 4 is 39.9 Å². The van der Waals surface area contributed by atoms with E-state index in [1.165, 1.54) is 0 Å². The van der Waals surface area contributed by atoms with Gasteiger partial charge in [-0.15, -0.1) is 0 Å². The van der Waals surface area contributed by atoms with Crippen molar-refractivity contribution in [3.05, 3.63) is 58.3 Å². The van der Waals surface area contributed by atoms with Crippen molar-refractivity contribution in [2.24, 2.45) is 0 Å². The molecule has 0 spiro atoms. The van der Waals surface area contributed by atoms with Crippen LogP contribution in [0.2, 0.25) is 10.0 Å². The van der Waals surface area contributed by atoms with Crippen LogP contribution in [-0.4, -0.2) is 9.55 Å². The average molecular weight is 320 g/mol. The Hall–Kier alpha value is -1.71. The molecule has 3 nitrogen and oxygen atoms in total. The van der Waals surface area contributed by atoms with Gasteiger partial charge in [0.15, 0.2) is 0 Å². The normalized spacial score (nSPS) is 11.0. The minimum Gasteiger partial charge on any atom is -0.377 e. The van der Waals surface area contributed by atoms with Gasteiger partial charge < -0.3 is 9.88 Å². The Morgan fingerprint density at radius 2 is 1.90 bits per heavy atom. The maximum Gasteiger partial charge on any atom is 0.129 e. The zero-order chi connectivity index (χ0) is 14.8. The second-order valence-corrected chi connectivity index (χ2v) is 5.50. The predicted molar refractivity (Wildman–Crippen MR) is 89.2 cm³/mol. The van der Waals surface area contributed by atoms with E-state index in [9.17, 15) is 0 Å². The van der Waals surface area contributed by atoms with Gasteiger partial charge in [-0.25, -0.2) is 4.98 Å². The number of halogens is 2. The van der Waals surface area contributed by atoms with Crippen LogP contribution in [-0.2, 0) is 13.1 Å². The van der Waals surface area contributed by atoms with E-state index >= 15 is 0 Å². The molecule has 3 rings (SSSR count). The highest BCUT2D eigenvalue weighted by atomic mass is 35.5. The van der Waals surface area contributed by atoms with Crippen molar-refractivity contribution in [3.8, 4) is 0 Å². The smallest absolute Gasteiger partial charge is 0.129 e. The number of anilines is 1. The van der Waals surface area contributed by atoms with Gasteiger partial charge in [0.05, 0.1) is 33.3 Å². The molecule has 2 aromatic carbocycles. The number of rotatable bonds is 4. The van der Waals surface area contributed by atoms with Crippen molar-refractivity contribution in [1.29, 1.82) is 0 Å². The summed E-state index contributed by atoms with van der Waals surface area (Å²) in [6, 6.07) is 13.7.